The largest absolute Gasteiger partial charge is 0.462 e. The van der Waals surface area contributed by atoms with Crippen molar-refractivity contribution in [2.75, 3.05) is 38.7 Å². The van der Waals surface area contributed by atoms with Gasteiger partial charge in [-0.2, -0.15) is 4.31 Å². The van der Waals surface area contributed by atoms with Gasteiger partial charge in [-0.3, -0.25) is 4.79 Å². The van der Waals surface area contributed by atoms with Crippen molar-refractivity contribution in [3.63, 3.8) is 0 Å². The lowest BCUT2D eigenvalue weighted by Crippen LogP contribution is -2.40. The van der Waals surface area contributed by atoms with Crippen LogP contribution in [-0.4, -0.2) is 58.0 Å². The van der Waals surface area contributed by atoms with Gasteiger partial charge in [-0.25, -0.2) is 13.2 Å². The number of ether oxygens (including phenoxy) is 2. The molecule has 8 nitrogen and oxygen atoms in total. The number of morpholine rings is 1. The summed E-state index contributed by atoms with van der Waals surface area (Å²) in [6.45, 7) is 2.91. The average Bonchev–Trinajstić information content (AvgIpc) is 2.56. The summed E-state index contributed by atoms with van der Waals surface area (Å²) in [6, 6.07) is 4.43. The van der Waals surface area contributed by atoms with Gasteiger partial charge in [0.15, 0.2) is 0 Å². The molecule has 1 fully saturated rings. The van der Waals surface area contributed by atoms with E-state index in [-0.39, 0.29) is 23.7 Å². The first kappa shape index (κ1) is 17.4. The standard InChI is InChI=1S/C14H18N2O6S/c1-10-3-4-11(15-13(17)14(18)21-2)9-12(10)23(19,20)16-5-7-22-8-6-16/h3-4,9H,5-8H2,1-2H3,(H,15,17). The molecule has 1 aliphatic rings. The Morgan fingerprint density at radius 1 is 1.26 bits per heavy atom. The van der Waals surface area contributed by atoms with E-state index in [4.69, 9.17) is 4.74 Å². The van der Waals surface area contributed by atoms with Crippen LogP contribution in [0.2, 0.25) is 0 Å². The predicted molar refractivity (Wildman–Crippen MR) is 81.4 cm³/mol. The predicted octanol–water partition coefficient (Wildman–Crippen LogP) is 0.127. The number of rotatable bonds is 3. The lowest BCUT2D eigenvalue weighted by atomic mass is 10.2. The summed E-state index contributed by atoms with van der Waals surface area (Å²) >= 11 is 0. The van der Waals surface area contributed by atoms with Gasteiger partial charge in [-0.15, -0.1) is 0 Å². The van der Waals surface area contributed by atoms with Gasteiger partial charge in [0, 0.05) is 18.8 Å². The number of nitrogens with zero attached hydrogens (tertiary/aromatic N) is 1. The molecule has 0 aliphatic carbocycles. The number of anilines is 1. The van der Waals surface area contributed by atoms with E-state index in [1.54, 1.807) is 13.0 Å². The summed E-state index contributed by atoms with van der Waals surface area (Å²) in [4.78, 5) is 22.8. The highest BCUT2D eigenvalue weighted by molar-refractivity contribution is 7.89. The Kier molecular flexibility index (Phi) is 5.34. The summed E-state index contributed by atoms with van der Waals surface area (Å²) in [5.41, 5.74) is 0.755. The molecule has 1 saturated heterocycles. The second kappa shape index (κ2) is 7.07. The third-order valence-electron chi connectivity index (χ3n) is 3.40. The van der Waals surface area contributed by atoms with Crippen molar-refractivity contribution in [3.05, 3.63) is 23.8 Å². The maximum atomic E-state index is 12.7. The topological polar surface area (TPSA) is 102 Å². The highest BCUT2D eigenvalue weighted by Gasteiger charge is 2.28. The fraction of sp³-hybridized carbons (Fsp3) is 0.429. The maximum Gasteiger partial charge on any atom is 0.396 e. The molecule has 0 saturated carbocycles. The zero-order valence-corrected chi connectivity index (χ0v) is 13.7. The lowest BCUT2D eigenvalue weighted by Gasteiger charge is -2.26. The minimum Gasteiger partial charge on any atom is -0.462 e. The van der Waals surface area contributed by atoms with Gasteiger partial charge in [0.2, 0.25) is 10.0 Å². The third kappa shape index (κ3) is 3.87. The van der Waals surface area contributed by atoms with Gasteiger partial charge in [0.05, 0.1) is 25.2 Å². The van der Waals surface area contributed by atoms with Crippen molar-refractivity contribution < 1.29 is 27.5 Å². The Morgan fingerprint density at radius 2 is 1.91 bits per heavy atom. The molecular formula is C14H18N2O6S. The van der Waals surface area contributed by atoms with Crippen LogP contribution in [0.3, 0.4) is 0 Å². The molecule has 1 amide bonds. The van der Waals surface area contributed by atoms with Crippen LogP contribution in [0, 0.1) is 6.92 Å². The molecule has 23 heavy (non-hydrogen) atoms. The van der Waals surface area contributed by atoms with Crippen LogP contribution >= 0.6 is 0 Å². The van der Waals surface area contributed by atoms with Crippen LogP contribution in [0.25, 0.3) is 0 Å². The van der Waals surface area contributed by atoms with Gasteiger partial charge in [0.25, 0.3) is 0 Å². The van der Waals surface area contributed by atoms with Crippen molar-refractivity contribution in [3.8, 4) is 0 Å². The van der Waals surface area contributed by atoms with Crippen molar-refractivity contribution in [2.45, 2.75) is 11.8 Å². The molecule has 0 spiro atoms. The number of hydrogen-bond acceptors (Lipinski definition) is 6. The Labute approximate surface area is 134 Å². The van der Waals surface area contributed by atoms with Gasteiger partial charge in [-0.05, 0) is 24.6 Å². The molecule has 0 radical (unpaired) electrons. The molecule has 0 atom stereocenters. The summed E-state index contributed by atoms with van der Waals surface area (Å²) in [5.74, 6) is -2.02. The minimum atomic E-state index is -3.69. The number of benzene rings is 1. The van der Waals surface area contributed by atoms with Crippen molar-refractivity contribution in [1.29, 1.82) is 0 Å². The highest BCUT2D eigenvalue weighted by atomic mass is 32.2. The monoisotopic (exact) mass is 342 g/mol. The van der Waals surface area contributed by atoms with Gasteiger partial charge in [-0.1, -0.05) is 6.07 Å². The molecular weight excluding hydrogens is 324 g/mol. The number of hydrogen-bond donors (Lipinski definition) is 1. The van der Waals surface area contributed by atoms with Crippen LogP contribution in [-0.2, 0) is 29.1 Å². The normalized spacial score (nSPS) is 15.9. The molecule has 2 rings (SSSR count). The quantitative estimate of drug-likeness (QED) is 0.619. The van der Waals surface area contributed by atoms with Crippen LogP contribution in [0.4, 0.5) is 5.69 Å². The Morgan fingerprint density at radius 3 is 2.52 bits per heavy atom. The molecule has 1 aromatic carbocycles. The summed E-state index contributed by atoms with van der Waals surface area (Å²) < 4.78 is 36.2. The van der Waals surface area contributed by atoms with E-state index in [1.165, 1.54) is 16.4 Å². The fourth-order valence-electron chi connectivity index (χ4n) is 2.16. The van der Waals surface area contributed by atoms with E-state index < -0.39 is 21.9 Å². The molecule has 0 aromatic heterocycles. The molecule has 9 heteroatoms. The smallest absolute Gasteiger partial charge is 0.396 e. The summed E-state index contributed by atoms with van der Waals surface area (Å²) in [6.07, 6.45) is 0. The molecule has 0 unspecified atom stereocenters. The van der Waals surface area contributed by atoms with Crippen LogP contribution in [0.15, 0.2) is 23.1 Å². The highest BCUT2D eigenvalue weighted by Crippen LogP contribution is 2.24. The second-order valence-electron chi connectivity index (χ2n) is 4.94. The summed E-state index contributed by atoms with van der Waals surface area (Å²) in [7, 11) is -2.60. The first-order valence-electron chi connectivity index (χ1n) is 6.94. The summed E-state index contributed by atoms with van der Waals surface area (Å²) in [5, 5.41) is 2.31. The molecule has 1 N–H and O–H groups in total. The van der Waals surface area contributed by atoms with Crippen molar-refractivity contribution >= 4 is 27.6 Å². The molecule has 0 bridgehead atoms. The molecule has 1 aromatic rings. The van der Waals surface area contributed by atoms with Crippen molar-refractivity contribution in [1.82, 2.24) is 4.31 Å². The van der Waals surface area contributed by atoms with E-state index in [2.05, 4.69) is 10.1 Å². The number of amides is 1. The van der Waals surface area contributed by atoms with Crippen LogP contribution in [0.1, 0.15) is 5.56 Å². The Bertz CT molecular complexity index is 710. The minimum absolute atomic E-state index is 0.0852. The fourth-order valence-corrected chi connectivity index (χ4v) is 3.82. The first-order chi connectivity index (χ1) is 10.9. The Balaban J connectivity index is 2.30. The number of nitrogens with one attached hydrogen (secondary N) is 1. The van der Waals surface area contributed by atoms with Gasteiger partial charge >= 0.3 is 11.9 Å². The van der Waals surface area contributed by atoms with Gasteiger partial charge in [0.1, 0.15) is 0 Å². The number of esters is 1. The zero-order chi connectivity index (χ0) is 17.0. The number of carbonyl (C=O) groups is 2. The number of sulfonamides is 1. The maximum absolute atomic E-state index is 12.7. The van der Waals surface area contributed by atoms with Crippen molar-refractivity contribution in [2.24, 2.45) is 0 Å². The van der Waals surface area contributed by atoms with Gasteiger partial charge < -0.3 is 14.8 Å². The van der Waals surface area contributed by atoms with E-state index in [1.807, 2.05) is 0 Å². The number of aryl methyl sites for hydroxylation is 1. The molecule has 126 valence electrons. The first-order valence-corrected chi connectivity index (χ1v) is 8.38. The number of methoxy groups -OCH3 is 1. The van der Waals surface area contributed by atoms with E-state index in [0.29, 0.717) is 18.8 Å². The average molecular weight is 342 g/mol. The third-order valence-corrected chi connectivity index (χ3v) is 5.45. The van der Waals surface area contributed by atoms with Crippen LogP contribution < -0.4 is 5.32 Å². The molecule has 1 aliphatic heterocycles. The van der Waals surface area contributed by atoms with E-state index in [0.717, 1.165) is 7.11 Å². The van der Waals surface area contributed by atoms with E-state index >= 15 is 0 Å². The van der Waals surface area contributed by atoms with E-state index in [9.17, 15) is 18.0 Å². The second-order valence-corrected chi connectivity index (χ2v) is 6.85. The van der Waals surface area contributed by atoms with Crippen LogP contribution in [0.5, 0.6) is 0 Å². The SMILES string of the molecule is COC(=O)C(=O)Nc1ccc(C)c(S(=O)(=O)N2CCOCC2)c1. The number of carbonyl (C=O) groups excluding carboxylic acids is 2. The Hall–Kier alpha value is -1.97. The molecule has 1 heterocycles. The zero-order valence-electron chi connectivity index (χ0n) is 12.9. The lowest BCUT2D eigenvalue weighted by molar-refractivity contribution is -0.150.